The van der Waals surface area contributed by atoms with Crippen molar-refractivity contribution in [1.82, 2.24) is 0 Å². The molecule has 0 fully saturated rings. The van der Waals surface area contributed by atoms with Crippen LogP contribution in [0.15, 0.2) is 30.3 Å². The van der Waals surface area contributed by atoms with Crippen molar-refractivity contribution in [3.63, 3.8) is 0 Å². The lowest BCUT2D eigenvalue weighted by Gasteiger charge is -2.36. The van der Waals surface area contributed by atoms with Crippen LogP contribution < -0.4 is 0 Å². The monoisotopic (exact) mass is 228 g/mol. The highest BCUT2D eigenvalue weighted by molar-refractivity contribution is 5.98. The van der Waals surface area contributed by atoms with Gasteiger partial charge in [-0.3, -0.25) is 4.79 Å². The van der Waals surface area contributed by atoms with Crippen molar-refractivity contribution < 1.29 is 4.79 Å². The molecular weight excluding hydrogens is 208 g/mol. The maximum Gasteiger partial charge on any atom is 0.152 e. The molecule has 0 radical (unpaired) electrons. The average Bonchev–Trinajstić information content (AvgIpc) is 2.38. The molecule has 1 aliphatic carbocycles. The SMILES string of the molecule is CC(=O)/C=C1\c2ccccc2C(C)(C)C1(C)C. The van der Waals surface area contributed by atoms with Crippen molar-refractivity contribution in [2.24, 2.45) is 5.41 Å². The van der Waals surface area contributed by atoms with Crippen LogP contribution in [-0.4, -0.2) is 5.78 Å². The maximum absolute atomic E-state index is 11.4. The lowest BCUT2D eigenvalue weighted by atomic mass is 9.67. The molecule has 17 heavy (non-hydrogen) atoms. The van der Waals surface area contributed by atoms with Gasteiger partial charge in [-0.25, -0.2) is 0 Å². The number of carbonyl (C=O) groups excluding carboxylic acids is 1. The normalized spacial score (nSPS) is 22.5. The highest BCUT2D eigenvalue weighted by Crippen LogP contribution is 2.57. The number of benzene rings is 1. The summed E-state index contributed by atoms with van der Waals surface area (Å²) in [4.78, 5) is 11.4. The third-order valence-electron chi connectivity index (χ3n) is 4.47. The van der Waals surface area contributed by atoms with Crippen LogP contribution in [-0.2, 0) is 10.2 Å². The minimum Gasteiger partial charge on any atom is -0.295 e. The van der Waals surface area contributed by atoms with E-state index in [4.69, 9.17) is 0 Å². The smallest absolute Gasteiger partial charge is 0.152 e. The summed E-state index contributed by atoms with van der Waals surface area (Å²) in [5, 5.41) is 0. The van der Waals surface area contributed by atoms with E-state index in [0.717, 1.165) is 0 Å². The summed E-state index contributed by atoms with van der Waals surface area (Å²) < 4.78 is 0. The van der Waals surface area contributed by atoms with Gasteiger partial charge in [-0.1, -0.05) is 52.0 Å². The standard InChI is InChI=1S/C16H20O/c1-11(17)10-14-12-8-6-7-9-13(12)15(2,3)16(14,4)5/h6-10H,1-5H3/b14-10+. The van der Waals surface area contributed by atoms with E-state index in [2.05, 4.69) is 45.9 Å². The third kappa shape index (κ3) is 1.56. The third-order valence-corrected chi connectivity index (χ3v) is 4.47. The Labute approximate surface area is 104 Å². The fraction of sp³-hybridized carbons (Fsp3) is 0.438. The molecule has 0 aliphatic heterocycles. The highest BCUT2D eigenvalue weighted by atomic mass is 16.1. The molecule has 1 heteroatoms. The fourth-order valence-corrected chi connectivity index (χ4v) is 2.73. The fourth-order valence-electron chi connectivity index (χ4n) is 2.73. The minimum absolute atomic E-state index is 0.0116. The van der Waals surface area contributed by atoms with Crippen molar-refractivity contribution in [3.05, 3.63) is 41.5 Å². The topological polar surface area (TPSA) is 17.1 Å². The maximum atomic E-state index is 11.4. The van der Waals surface area contributed by atoms with Crippen LogP contribution in [0.2, 0.25) is 0 Å². The Balaban J connectivity index is 2.75. The average molecular weight is 228 g/mol. The molecule has 0 aromatic heterocycles. The quantitative estimate of drug-likeness (QED) is 0.664. The van der Waals surface area contributed by atoms with Crippen LogP contribution in [0.5, 0.6) is 0 Å². The van der Waals surface area contributed by atoms with Gasteiger partial charge in [0.05, 0.1) is 0 Å². The summed E-state index contributed by atoms with van der Waals surface area (Å²) >= 11 is 0. The van der Waals surface area contributed by atoms with Gasteiger partial charge in [0, 0.05) is 0 Å². The molecule has 0 saturated heterocycles. The Morgan fingerprint density at radius 1 is 1.06 bits per heavy atom. The second-order valence-corrected chi connectivity index (χ2v) is 5.96. The summed E-state index contributed by atoms with van der Waals surface area (Å²) in [6, 6.07) is 8.43. The molecule has 1 aromatic rings. The van der Waals surface area contributed by atoms with Gasteiger partial charge in [-0.05, 0) is 40.5 Å². The minimum atomic E-state index is -0.0116. The molecule has 0 bridgehead atoms. The van der Waals surface area contributed by atoms with Gasteiger partial charge in [0.15, 0.2) is 5.78 Å². The van der Waals surface area contributed by atoms with E-state index in [1.807, 2.05) is 6.07 Å². The Hall–Kier alpha value is -1.37. The van der Waals surface area contributed by atoms with Crippen molar-refractivity contribution in [2.75, 3.05) is 0 Å². The van der Waals surface area contributed by atoms with E-state index in [0.29, 0.717) is 0 Å². The summed E-state index contributed by atoms with van der Waals surface area (Å²) in [7, 11) is 0. The number of ketones is 1. The van der Waals surface area contributed by atoms with Crippen molar-refractivity contribution in [3.8, 4) is 0 Å². The predicted molar refractivity (Wildman–Crippen MR) is 71.9 cm³/mol. The number of rotatable bonds is 1. The first-order valence-electron chi connectivity index (χ1n) is 6.11. The Kier molecular flexibility index (Phi) is 2.53. The molecule has 0 saturated carbocycles. The molecule has 90 valence electrons. The van der Waals surface area contributed by atoms with Crippen molar-refractivity contribution >= 4 is 11.4 Å². The van der Waals surface area contributed by atoms with Gasteiger partial charge in [0.25, 0.3) is 0 Å². The molecule has 0 atom stereocenters. The lowest BCUT2D eigenvalue weighted by molar-refractivity contribution is -0.112. The number of fused-ring (bicyclic) bond motifs is 1. The van der Waals surface area contributed by atoms with Gasteiger partial charge in [-0.2, -0.15) is 0 Å². The summed E-state index contributed by atoms with van der Waals surface area (Å²) in [5.41, 5.74) is 3.80. The van der Waals surface area contributed by atoms with Gasteiger partial charge < -0.3 is 0 Å². The molecule has 2 rings (SSSR count). The first kappa shape index (κ1) is 12.1. The molecule has 1 aliphatic rings. The number of hydrogen-bond acceptors (Lipinski definition) is 1. The van der Waals surface area contributed by atoms with E-state index in [1.165, 1.54) is 16.7 Å². The molecule has 0 unspecified atom stereocenters. The van der Waals surface area contributed by atoms with Gasteiger partial charge in [0.2, 0.25) is 0 Å². The van der Waals surface area contributed by atoms with Crippen LogP contribution >= 0.6 is 0 Å². The number of carbonyl (C=O) groups is 1. The van der Waals surface area contributed by atoms with E-state index < -0.39 is 0 Å². The highest BCUT2D eigenvalue weighted by Gasteiger charge is 2.48. The lowest BCUT2D eigenvalue weighted by Crippen LogP contribution is -2.31. The Morgan fingerprint density at radius 3 is 2.24 bits per heavy atom. The summed E-state index contributed by atoms with van der Waals surface area (Å²) in [6.07, 6.45) is 1.80. The molecule has 1 aromatic carbocycles. The second-order valence-electron chi connectivity index (χ2n) is 5.96. The zero-order valence-corrected chi connectivity index (χ0v) is 11.3. The Bertz CT molecular complexity index is 504. The summed E-state index contributed by atoms with van der Waals surface area (Å²) in [6.45, 7) is 10.6. The molecular formula is C16H20O. The van der Waals surface area contributed by atoms with E-state index in [1.54, 1.807) is 13.0 Å². The first-order valence-corrected chi connectivity index (χ1v) is 6.11. The molecule has 0 heterocycles. The molecule has 0 amide bonds. The first-order chi connectivity index (χ1) is 7.78. The van der Waals surface area contributed by atoms with E-state index >= 15 is 0 Å². The van der Waals surface area contributed by atoms with Crippen molar-refractivity contribution in [2.45, 2.75) is 40.0 Å². The van der Waals surface area contributed by atoms with Crippen LogP contribution in [0, 0.1) is 5.41 Å². The van der Waals surface area contributed by atoms with E-state index in [9.17, 15) is 4.79 Å². The summed E-state index contributed by atoms with van der Waals surface area (Å²) in [5.74, 6) is 0.126. The molecule has 1 nitrogen and oxygen atoms in total. The number of hydrogen-bond donors (Lipinski definition) is 0. The van der Waals surface area contributed by atoms with E-state index in [-0.39, 0.29) is 16.6 Å². The second kappa shape index (κ2) is 3.56. The predicted octanol–water partition coefficient (Wildman–Crippen LogP) is 3.98. The molecule has 0 spiro atoms. The van der Waals surface area contributed by atoms with Gasteiger partial charge in [-0.15, -0.1) is 0 Å². The van der Waals surface area contributed by atoms with Gasteiger partial charge >= 0.3 is 0 Å². The zero-order valence-electron chi connectivity index (χ0n) is 11.3. The van der Waals surface area contributed by atoms with Crippen LogP contribution in [0.4, 0.5) is 0 Å². The largest absolute Gasteiger partial charge is 0.295 e. The van der Waals surface area contributed by atoms with Crippen LogP contribution in [0.25, 0.3) is 5.57 Å². The Morgan fingerprint density at radius 2 is 1.65 bits per heavy atom. The number of allylic oxidation sites excluding steroid dienone is 2. The molecule has 0 N–H and O–H groups in total. The van der Waals surface area contributed by atoms with Crippen molar-refractivity contribution in [1.29, 1.82) is 0 Å². The van der Waals surface area contributed by atoms with Crippen LogP contribution in [0.3, 0.4) is 0 Å². The van der Waals surface area contributed by atoms with Gasteiger partial charge in [0.1, 0.15) is 0 Å². The zero-order chi connectivity index (χ0) is 12.8. The van der Waals surface area contributed by atoms with Crippen LogP contribution in [0.1, 0.15) is 45.7 Å².